The molecular weight excluding hydrogens is 792 g/mol. The van der Waals surface area contributed by atoms with Crippen LogP contribution in [0.25, 0.3) is 10.8 Å². The molecule has 1 aromatic heterocycles. The molecule has 2 aromatic carbocycles. The zero-order chi connectivity index (χ0) is 45.1. The third kappa shape index (κ3) is 9.08. The number of methoxy groups -OCH3 is 1. The summed E-state index contributed by atoms with van der Waals surface area (Å²) in [5.74, 6) is -9.87. The Morgan fingerprint density at radius 3 is 2.26 bits per heavy atom. The summed E-state index contributed by atoms with van der Waals surface area (Å²) in [5.41, 5.74) is 1.50. The molecule has 17 heteroatoms. The van der Waals surface area contributed by atoms with E-state index in [0.717, 1.165) is 12.5 Å². The van der Waals surface area contributed by atoms with Crippen molar-refractivity contribution in [3.63, 3.8) is 0 Å². The number of benzene rings is 2. The van der Waals surface area contributed by atoms with Crippen molar-refractivity contribution in [3.05, 3.63) is 82.9 Å². The molecule has 6 rings (SSSR count). The fraction of sp³-hybridized carbons (Fsp3) is 0.409. The highest BCUT2D eigenvalue weighted by Crippen LogP contribution is 2.55. The Morgan fingerprint density at radius 1 is 0.951 bits per heavy atom. The highest BCUT2D eigenvalue weighted by atomic mass is 16.7. The number of rotatable bonds is 5. The molecule has 0 saturated heterocycles. The van der Waals surface area contributed by atoms with Gasteiger partial charge in [0.05, 0.1) is 53.0 Å². The number of hydrogen-bond donors (Lipinski definition) is 7. The van der Waals surface area contributed by atoms with Crippen LogP contribution in [0.2, 0.25) is 0 Å². The number of aromatic hydroxyl groups is 3. The lowest BCUT2D eigenvalue weighted by Crippen LogP contribution is -2.46. The number of pyridine rings is 1. The van der Waals surface area contributed by atoms with Crippen LogP contribution in [-0.4, -0.2) is 97.6 Å². The number of nitrogens with one attached hydrogen (secondary N) is 2. The molecule has 0 spiro atoms. The quantitative estimate of drug-likeness (QED) is 0.0592. The van der Waals surface area contributed by atoms with E-state index in [1.165, 1.54) is 77.6 Å². The molecule has 0 aliphatic carbocycles. The Hall–Kier alpha value is -6.30. The van der Waals surface area contributed by atoms with Gasteiger partial charge >= 0.3 is 11.8 Å². The number of hydrogen-bond acceptors (Lipinski definition) is 15. The third-order valence-corrected chi connectivity index (χ3v) is 11.3. The fourth-order valence-corrected chi connectivity index (χ4v) is 7.60. The van der Waals surface area contributed by atoms with Crippen molar-refractivity contribution in [3.8, 4) is 23.0 Å². The van der Waals surface area contributed by atoms with Gasteiger partial charge in [-0.2, -0.15) is 5.10 Å². The Kier molecular flexibility index (Phi) is 13.9. The van der Waals surface area contributed by atoms with Crippen LogP contribution in [0, 0.1) is 30.6 Å². The predicted octanol–water partition coefficient (Wildman–Crippen LogP) is 4.91. The minimum atomic E-state index is -2.11. The molecule has 2 amide bonds. The van der Waals surface area contributed by atoms with Gasteiger partial charge in [0.1, 0.15) is 23.4 Å². The molecule has 5 bridgehead atoms. The second-order valence-electron chi connectivity index (χ2n) is 15.6. The van der Waals surface area contributed by atoms with Crippen LogP contribution in [0.5, 0.6) is 23.0 Å². The molecule has 0 radical (unpaired) electrons. The van der Waals surface area contributed by atoms with Gasteiger partial charge in [-0.15, -0.1) is 0 Å². The number of hydrazone groups is 1. The number of fused-ring (bicyclic) bond motifs is 14. The van der Waals surface area contributed by atoms with Gasteiger partial charge in [-0.25, -0.2) is 5.43 Å². The minimum Gasteiger partial charge on any atom is -0.507 e. The zero-order valence-electron chi connectivity index (χ0n) is 35.3. The number of esters is 1. The minimum absolute atomic E-state index is 0.0115. The number of allylic oxidation sites excluding steroid dienone is 2. The molecule has 3 aromatic rings. The van der Waals surface area contributed by atoms with Crippen molar-refractivity contribution in [2.24, 2.45) is 28.8 Å². The van der Waals surface area contributed by atoms with Crippen LogP contribution in [0.3, 0.4) is 0 Å². The van der Waals surface area contributed by atoms with E-state index in [2.05, 4.69) is 20.8 Å². The monoisotopic (exact) mass is 844 g/mol. The van der Waals surface area contributed by atoms with Gasteiger partial charge < -0.3 is 49.8 Å². The van der Waals surface area contributed by atoms with Gasteiger partial charge in [-0.1, -0.05) is 45.9 Å². The molecule has 3 aliphatic heterocycles. The molecule has 17 nitrogen and oxygen atoms in total. The van der Waals surface area contributed by atoms with Crippen LogP contribution >= 0.6 is 0 Å². The SMILES string of the molecule is COC1/C=C/OC2(C)Oc3c(C)c(O)c4c(O)c(c(/C=N/NC(=O)c5ccncc5)c(O)c4c3C2=O)NC(=O)C(C)=C/C=C/C(C)C(O)C(C)C(O)C(C)C(OC(C)=O)C1C. The summed E-state index contributed by atoms with van der Waals surface area (Å²) < 4.78 is 23.5. The maximum absolute atomic E-state index is 14.4. The van der Waals surface area contributed by atoms with Crippen molar-refractivity contribution in [2.75, 3.05) is 12.4 Å². The summed E-state index contributed by atoms with van der Waals surface area (Å²) >= 11 is 0. The van der Waals surface area contributed by atoms with Crippen LogP contribution < -0.4 is 15.5 Å². The number of carbonyl (C=O) groups is 4. The molecule has 9 unspecified atom stereocenters. The maximum Gasteiger partial charge on any atom is 0.312 e. The van der Waals surface area contributed by atoms with E-state index in [-0.39, 0.29) is 39.0 Å². The van der Waals surface area contributed by atoms with E-state index < -0.39 is 106 Å². The Labute approximate surface area is 352 Å². The smallest absolute Gasteiger partial charge is 0.312 e. The summed E-state index contributed by atoms with van der Waals surface area (Å²) in [5, 5.41) is 63.9. The largest absolute Gasteiger partial charge is 0.507 e. The Balaban J connectivity index is 1.70. The molecule has 0 fully saturated rings. The number of ketones is 1. The molecule has 61 heavy (non-hydrogen) atoms. The fourth-order valence-electron chi connectivity index (χ4n) is 7.60. The summed E-state index contributed by atoms with van der Waals surface area (Å²) in [6, 6.07) is 2.87. The summed E-state index contributed by atoms with van der Waals surface area (Å²) in [4.78, 5) is 57.1. The van der Waals surface area contributed by atoms with Gasteiger partial charge in [0.25, 0.3) is 17.6 Å². The maximum atomic E-state index is 14.4. The van der Waals surface area contributed by atoms with Gasteiger partial charge in [0.2, 0.25) is 0 Å². The van der Waals surface area contributed by atoms with Crippen LogP contribution in [0.4, 0.5) is 5.69 Å². The normalized spacial score (nSPS) is 28.5. The highest BCUT2D eigenvalue weighted by Gasteiger charge is 2.50. The highest BCUT2D eigenvalue weighted by molar-refractivity contribution is 6.24. The molecule has 7 N–H and O–H groups in total. The lowest BCUT2D eigenvalue weighted by molar-refractivity contribution is -0.160. The summed E-state index contributed by atoms with van der Waals surface area (Å²) in [6.07, 6.45) is 6.93. The lowest BCUT2D eigenvalue weighted by atomic mass is 9.78. The van der Waals surface area contributed by atoms with Gasteiger partial charge in [-0.05, 0) is 32.1 Å². The number of carbonyl (C=O) groups excluding carboxylic acids is 4. The van der Waals surface area contributed by atoms with E-state index in [1.54, 1.807) is 33.8 Å². The molecular formula is C44H52N4O13. The number of nitrogens with zero attached hydrogens (tertiary/aromatic N) is 2. The number of anilines is 1. The molecule has 0 saturated carbocycles. The average Bonchev–Trinajstić information content (AvgIpc) is 3.50. The number of phenolic OH excluding ortho intramolecular Hbond substituents is 3. The zero-order valence-corrected chi connectivity index (χ0v) is 35.3. The van der Waals surface area contributed by atoms with Gasteiger partial charge in [0, 0.05) is 79.1 Å². The van der Waals surface area contributed by atoms with Crippen molar-refractivity contribution in [1.29, 1.82) is 0 Å². The summed E-state index contributed by atoms with van der Waals surface area (Å²) in [6.45, 7) is 12.2. The molecule has 3 aliphatic rings. The first-order chi connectivity index (χ1) is 28.7. The van der Waals surface area contributed by atoms with E-state index in [9.17, 15) is 44.7 Å². The number of ether oxygens (including phenoxy) is 4. The van der Waals surface area contributed by atoms with Gasteiger partial charge in [-0.3, -0.25) is 24.2 Å². The second-order valence-corrected chi connectivity index (χ2v) is 15.6. The Morgan fingerprint density at radius 2 is 1.62 bits per heavy atom. The number of Topliss-reactive ketones (excluding diaryl/α,β-unsaturated/α-hetero) is 1. The van der Waals surface area contributed by atoms with Gasteiger partial charge in [0.15, 0.2) is 5.75 Å². The van der Waals surface area contributed by atoms with E-state index >= 15 is 0 Å². The molecule has 4 heterocycles. The number of aliphatic hydroxyl groups is 2. The van der Waals surface area contributed by atoms with Crippen molar-refractivity contribution >= 4 is 46.2 Å². The van der Waals surface area contributed by atoms with Crippen molar-refractivity contribution in [1.82, 2.24) is 10.4 Å². The van der Waals surface area contributed by atoms with Crippen LogP contribution in [-0.2, 0) is 23.8 Å². The number of aromatic nitrogens is 1. The first-order valence-electron chi connectivity index (χ1n) is 19.6. The average molecular weight is 845 g/mol. The second kappa shape index (κ2) is 18.5. The van der Waals surface area contributed by atoms with Crippen molar-refractivity contribution in [2.45, 2.75) is 85.6 Å². The summed E-state index contributed by atoms with van der Waals surface area (Å²) in [7, 11) is 1.41. The topological polar surface area (TPSA) is 256 Å². The first-order valence-corrected chi connectivity index (χ1v) is 19.6. The van der Waals surface area contributed by atoms with E-state index in [4.69, 9.17) is 18.9 Å². The van der Waals surface area contributed by atoms with Crippen molar-refractivity contribution < 1.29 is 63.7 Å². The molecule has 326 valence electrons. The van der Waals surface area contributed by atoms with E-state index in [0.29, 0.717) is 0 Å². The number of aliphatic hydroxyl groups excluding tert-OH is 2. The lowest BCUT2D eigenvalue weighted by Gasteiger charge is -2.38. The number of phenols is 3. The standard InChI is InChI=1S/C44H52N4O13/c1-20-11-10-12-21(2)42(56)47-33-28(19-46-48-43(57)27-13-16-45-17-14-27)37(53)30-31(38(33)54)36(52)25(6)40-32(30)41(55)44(8,61-40)59-18-15-29(58-9)22(3)39(60-26(7)49)24(5)35(51)23(4)34(20)50/h10-20,22-24,29,34-35,39,50-54H,1-9H3,(H,47,56)(H,48,57)/b11-10+,18-15+,21-12?,46-19+. The van der Waals surface area contributed by atoms with E-state index in [1.807, 2.05) is 0 Å². The molecule has 9 atom stereocenters. The van der Waals surface area contributed by atoms with Crippen LogP contribution in [0.15, 0.2) is 65.8 Å². The first kappa shape index (κ1) is 45.8. The van der Waals surface area contributed by atoms with Crippen LogP contribution in [0.1, 0.15) is 80.3 Å². The third-order valence-electron chi connectivity index (χ3n) is 11.3. The Bertz CT molecular complexity index is 2320. The number of amides is 2. The predicted molar refractivity (Wildman–Crippen MR) is 223 cm³/mol.